The minimum Gasteiger partial charge on any atom is -0.0444 e. The van der Waals surface area contributed by atoms with Gasteiger partial charge in [0.2, 0.25) is 0 Å². The maximum atomic E-state index is 2.33. The highest BCUT2D eigenvalue weighted by Crippen LogP contribution is 2.12. The molecule has 0 aliphatic carbocycles. The highest BCUT2D eigenvalue weighted by atomic mass is 32.2. The monoisotopic (exact) mass is 131 g/mol. The van der Waals surface area contributed by atoms with E-state index in [1.54, 1.807) is 0 Å². The predicted octanol–water partition coefficient (Wildman–Crippen LogP) is 1.81. The van der Waals surface area contributed by atoms with E-state index in [1.165, 1.54) is 36.5 Å². The largest absolute Gasteiger partial charge is 0.108 e. The Bertz CT molecular complexity index is 55.4. The Hall–Kier alpha value is 0.350. The van der Waals surface area contributed by atoms with Gasteiger partial charge in [0.25, 0.3) is 0 Å². The normalized spacial score (nSPS) is 23.6. The van der Waals surface area contributed by atoms with E-state index in [2.05, 4.69) is 6.92 Å². The molecule has 1 heterocycles. The van der Waals surface area contributed by atoms with Crippen molar-refractivity contribution in [1.82, 2.24) is 0 Å². The summed E-state index contributed by atoms with van der Waals surface area (Å²) in [5.74, 6) is 4.52. The van der Waals surface area contributed by atoms with Gasteiger partial charge in [-0.25, -0.2) is 0 Å². The third-order valence-electron chi connectivity index (χ3n) is 1.77. The molecule has 0 aromatic heterocycles. The molecule has 1 heteroatoms. The predicted molar refractivity (Wildman–Crippen MR) is 41.5 cm³/mol. The fourth-order valence-corrected chi connectivity index (χ4v) is 3.19. The van der Waals surface area contributed by atoms with Gasteiger partial charge in [-0.1, -0.05) is 0 Å². The van der Waals surface area contributed by atoms with Gasteiger partial charge in [0, 0.05) is 0 Å². The molecule has 0 N–H and O–H groups in total. The van der Waals surface area contributed by atoms with E-state index in [0.717, 1.165) is 10.9 Å². The second kappa shape index (κ2) is 3.39. The molecule has 1 rings (SSSR count). The summed E-state index contributed by atoms with van der Waals surface area (Å²) in [6.45, 7) is 2.33. The molecule has 8 heavy (non-hydrogen) atoms. The Morgan fingerprint density at radius 1 is 1.12 bits per heavy atom. The lowest BCUT2D eigenvalue weighted by Gasteiger charge is -2.10. The Balaban J connectivity index is 2.13. The molecule has 0 saturated carbocycles. The minimum atomic E-state index is 0.848. The van der Waals surface area contributed by atoms with Crippen molar-refractivity contribution in [1.29, 1.82) is 0 Å². The Morgan fingerprint density at radius 2 is 1.75 bits per heavy atom. The lowest BCUT2D eigenvalue weighted by Crippen LogP contribution is -2.18. The smallest absolute Gasteiger partial charge is 0.0444 e. The molecule has 0 radical (unpaired) electrons. The van der Waals surface area contributed by atoms with E-state index in [-0.39, 0.29) is 0 Å². The van der Waals surface area contributed by atoms with Crippen molar-refractivity contribution in [3.05, 3.63) is 0 Å². The lowest BCUT2D eigenvalue weighted by atomic mass is 10.3. The molecule has 0 amide bonds. The molecule has 0 nitrogen and oxygen atoms in total. The Labute approximate surface area is 55.0 Å². The molecule has 0 unspecified atom stereocenters. The van der Waals surface area contributed by atoms with Crippen molar-refractivity contribution in [2.45, 2.75) is 26.2 Å². The van der Waals surface area contributed by atoms with Gasteiger partial charge in [-0.2, -0.15) is 0 Å². The van der Waals surface area contributed by atoms with E-state index < -0.39 is 0 Å². The average molecular weight is 131 g/mol. The van der Waals surface area contributed by atoms with Gasteiger partial charge in [-0.3, -0.25) is 0 Å². The highest BCUT2D eigenvalue weighted by Gasteiger charge is 2.18. The quantitative estimate of drug-likeness (QED) is 0.476. The maximum Gasteiger partial charge on any atom is 0.108 e. The molecular formula is C7H15S+. The molecule has 0 aromatic rings. The zero-order valence-corrected chi connectivity index (χ0v) is 6.47. The number of rotatable bonds is 1. The summed E-state index contributed by atoms with van der Waals surface area (Å²) in [7, 11) is 0.848. The standard InChI is InChI=1S/C7H15S/c1-2-8-6-4-3-5-7-8/h2-7H2,1H3/q+1. The molecule has 0 bridgehead atoms. The van der Waals surface area contributed by atoms with Crippen molar-refractivity contribution in [3.8, 4) is 0 Å². The first-order valence-electron chi connectivity index (χ1n) is 3.57. The lowest BCUT2D eigenvalue weighted by molar-refractivity contribution is 0.756. The molecule has 1 saturated heterocycles. The summed E-state index contributed by atoms with van der Waals surface area (Å²) in [5, 5.41) is 0. The van der Waals surface area contributed by atoms with Gasteiger partial charge >= 0.3 is 0 Å². The van der Waals surface area contributed by atoms with Crippen LogP contribution in [0.2, 0.25) is 0 Å². The molecule has 1 fully saturated rings. The summed E-state index contributed by atoms with van der Waals surface area (Å²) in [5.41, 5.74) is 0. The summed E-state index contributed by atoms with van der Waals surface area (Å²) < 4.78 is 0. The molecular weight excluding hydrogens is 116 g/mol. The van der Waals surface area contributed by atoms with E-state index in [1.807, 2.05) is 0 Å². The van der Waals surface area contributed by atoms with Gasteiger partial charge in [0.1, 0.15) is 17.3 Å². The average Bonchev–Trinajstić information content (AvgIpc) is 1.90. The highest BCUT2D eigenvalue weighted by molar-refractivity contribution is 7.96. The van der Waals surface area contributed by atoms with Crippen LogP contribution in [0.25, 0.3) is 0 Å². The van der Waals surface area contributed by atoms with Crippen LogP contribution in [-0.4, -0.2) is 17.3 Å². The van der Waals surface area contributed by atoms with Gasteiger partial charge < -0.3 is 0 Å². The molecule has 0 aromatic carbocycles. The first-order chi connectivity index (χ1) is 3.93. The second-order valence-electron chi connectivity index (χ2n) is 2.37. The zero-order chi connectivity index (χ0) is 5.82. The fourth-order valence-electron chi connectivity index (χ4n) is 1.18. The van der Waals surface area contributed by atoms with Crippen LogP contribution in [0.1, 0.15) is 26.2 Å². The SMILES string of the molecule is CC[S+]1CCCCC1. The molecule has 1 aliphatic rings. The van der Waals surface area contributed by atoms with Crippen molar-refractivity contribution < 1.29 is 0 Å². The minimum absolute atomic E-state index is 0.848. The zero-order valence-electron chi connectivity index (χ0n) is 5.65. The fraction of sp³-hybridized carbons (Fsp3) is 1.00. The summed E-state index contributed by atoms with van der Waals surface area (Å²) >= 11 is 0. The Kier molecular flexibility index (Phi) is 2.74. The van der Waals surface area contributed by atoms with Crippen LogP contribution < -0.4 is 0 Å². The van der Waals surface area contributed by atoms with Crippen molar-refractivity contribution in [2.24, 2.45) is 0 Å². The van der Waals surface area contributed by atoms with E-state index in [0.29, 0.717) is 0 Å². The van der Waals surface area contributed by atoms with Crippen LogP contribution in [0.4, 0.5) is 0 Å². The van der Waals surface area contributed by atoms with Crippen molar-refractivity contribution in [3.63, 3.8) is 0 Å². The van der Waals surface area contributed by atoms with E-state index in [4.69, 9.17) is 0 Å². The van der Waals surface area contributed by atoms with Crippen LogP contribution in [0.3, 0.4) is 0 Å². The van der Waals surface area contributed by atoms with Crippen molar-refractivity contribution >= 4 is 10.9 Å². The number of hydrogen-bond acceptors (Lipinski definition) is 0. The summed E-state index contributed by atoms with van der Waals surface area (Å²) in [6, 6.07) is 0. The first-order valence-corrected chi connectivity index (χ1v) is 5.31. The van der Waals surface area contributed by atoms with Gasteiger partial charge in [-0.05, 0) is 37.1 Å². The van der Waals surface area contributed by atoms with E-state index in [9.17, 15) is 0 Å². The first kappa shape index (κ1) is 6.47. The topological polar surface area (TPSA) is 0 Å². The number of hydrogen-bond donors (Lipinski definition) is 0. The molecule has 0 atom stereocenters. The van der Waals surface area contributed by atoms with Crippen LogP contribution >= 0.6 is 0 Å². The second-order valence-corrected chi connectivity index (χ2v) is 4.99. The Morgan fingerprint density at radius 3 is 2.12 bits per heavy atom. The van der Waals surface area contributed by atoms with Crippen LogP contribution in [0.5, 0.6) is 0 Å². The van der Waals surface area contributed by atoms with Gasteiger partial charge in [0.15, 0.2) is 0 Å². The van der Waals surface area contributed by atoms with Crippen molar-refractivity contribution in [2.75, 3.05) is 17.3 Å². The van der Waals surface area contributed by atoms with E-state index >= 15 is 0 Å². The third-order valence-corrected chi connectivity index (χ3v) is 4.32. The van der Waals surface area contributed by atoms with Crippen LogP contribution in [0, 0.1) is 0 Å². The maximum absolute atomic E-state index is 2.33. The third kappa shape index (κ3) is 1.70. The summed E-state index contributed by atoms with van der Waals surface area (Å²) in [6.07, 6.45) is 4.53. The van der Waals surface area contributed by atoms with Gasteiger partial charge in [-0.15, -0.1) is 0 Å². The van der Waals surface area contributed by atoms with Gasteiger partial charge in [0.05, 0.1) is 0 Å². The summed E-state index contributed by atoms with van der Waals surface area (Å²) in [4.78, 5) is 0. The van der Waals surface area contributed by atoms with Crippen LogP contribution in [-0.2, 0) is 10.9 Å². The molecule has 1 aliphatic heterocycles. The molecule has 0 spiro atoms. The molecule has 48 valence electrons. The van der Waals surface area contributed by atoms with Crippen LogP contribution in [0.15, 0.2) is 0 Å².